The van der Waals surface area contributed by atoms with Crippen LogP contribution in [0.4, 0.5) is 8.78 Å². The molecule has 1 heterocycles. The third-order valence-electron chi connectivity index (χ3n) is 2.52. The molecule has 1 aromatic heterocycles. The highest BCUT2D eigenvalue weighted by molar-refractivity contribution is 6.32. The van der Waals surface area contributed by atoms with Gasteiger partial charge in [-0.3, -0.25) is 4.98 Å². The van der Waals surface area contributed by atoms with Gasteiger partial charge in [0.1, 0.15) is 0 Å². The fourth-order valence-corrected chi connectivity index (χ4v) is 2.02. The molecule has 0 bridgehead atoms. The van der Waals surface area contributed by atoms with Crippen LogP contribution in [0.1, 0.15) is 12.0 Å². The molecule has 0 spiro atoms. The summed E-state index contributed by atoms with van der Waals surface area (Å²) in [6, 6.07) is 6.43. The Hall–Kier alpha value is -1.26. The topological polar surface area (TPSA) is 33.1 Å². The molecule has 5 heteroatoms. The molecule has 2 rings (SSSR count). The smallest absolute Gasteiger partial charge is 0.278 e. The lowest BCUT2D eigenvalue weighted by Crippen LogP contribution is -2.16. The first-order valence-corrected chi connectivity index (χ1v) is 5.46. The number of fused-ring (bicyclic) bond motifs is 1. The van der Waals surface area contributed by atoms with Crippen LogP contribution in [0, 0.1) is 0 Å². The molecule has 17 heavy (non-hydrogen) atoms. The Morgan fingerprint density at radius 3 is 2.76 bits per heavy atom. The molecule has 2 nitrogen and oxygen atoms in total. The molecule has 0 saturated carbocycles. The van der Waals surface area contributed by atoms with Crippen LogP contribution in [0.25, 0.3) is 10.9 Å². The molecule has 1 N–H and O–H groups in total. The van der Waals surface area contributed by atoms with Gasteiger partial charge in [0.15, 0.2) is 0 Å². The second-order valence-electron chi connectivity index (χ2n) is 3.68. The standard InChI is InChI=1S/C12H10ClF2NO/c13-9-4-3-8-2-1-6-16-11(8)10(9)12(14,15)5-7-17/h1-4,6,17H,5,7H2. The monoisotopic (exact) mass is 257 g/mol. The third-order valence-corrected chi connectivity index (χ3v) is 2.83. The van der Waals surface area contributed by atoms with Crippen molar-refractivity contribution in [3.8, 4) is 0 Å². The lowest BCUT2D eigenvalue weighted by Gasteiger charge is -2.18. The Morgan fingerprint density at radius 2 is 2.06 bits per heavy atom. The summed E-state index contributed by atoms with van der Waals surface area (Å²) in [4.78, 5) is 3.94. The van der Waals surface area contributed by atoms with Crippen molar-refractivity contribution in [2.75, 3.05) is 6.61 Å². The normalized spacial score (nSPS) is 12.0. The second-order valence-corrected chi connectivity index (χ2v) is 4.08. The summed E-state index contributed by atoms with van der Waals surface area (Å²) in [5, 5.41) is 9.25. The number of alkyl halides is 2. The Balaban J connectivity index is 2.70. The van der Waals surface area contributed by atoms with Gasteiger partial charge < -0.3 is 5.11 Å². The van der Waals surface area contributed by atoms with Gasteiger partial charge >= 0.3 is 0 Å². The predicted molar refractivity (Wildman–Crippen MR) is 62.3 cm³/mol. The number of hydrogen-bond acceptors (Lipinski definition) is 2. The summed E-state index contributed by atoms with van der Waals surface area (Å²) >= 11 is 5.82. The van der Waals surface area contributed by atoms with Gasteiger partial charge in [-0.15, -0.1) is 0 Å². The van der Waals surface area contributed by atoms with Gasteiger partial charge in [0.05, 0.1) is 16.1 Å². The van der Waals surface area contributed by atoms with Crippen LogP contribution in [-0.2, 0) is 5.92 Å². The van der Waals surface area contributed by atoms with Crippen LogP contribution in [0.15, 0.2) is 30.5 Å². The maximum atomic E-state index is 13.9. The predicted octanol–water partition coefficient (Wildman–Crippen LogP) is 3.36. The molecule has 90 valence electrons. The highest BCUT2D eigenvalue weighted by Gasteiger charge is 2.35. The first-order chi connectivity index (χ1) is 8.06. The van der Waals surface area contributed by atoms with Gasteiger partial charge in [-0.05, 0) is 12.1 Å². The Bertz CT molecular complexity index is 545. The van der Waals surface area contributed by atoms with E-state index in [1.807, 2.05) is 0 Å². The van der Waals surface area contributed by atoms with Crippen molar-refractivity contribution in [1.82, 2.24) is 4.98 Å². The third kappa shape index (κ3) is 2.23. The molecule has 0 aliphatic heterocycles. The minimum absolute atomic E-state index is 0.0327. The van der Waals surface area contributed by atoms with Crippen LogP contribution in [0.2, 0.25) is 5.02 Å². The number of hydrogen-bond donors (Lipinski definition) is 1. The molecule has 0 amide bonds. The quantitative estimate of drug-likeness (QED) is 0.915. The van der Waals surface area contributed by atoms with Crippen molar-refractivity contribution >= 4 is 22.5 Å². The van der Waals surface area contributed by atoms with Crippen LogP contribution >= 0.6 is 11.6 Å². The van der Waals surface area contributed by atoms with Crippen LogP contribution in [0.3, 0.4) is 0 Å². The Kier molecular flexibility index (Phi) is 3.26. The molecule has 2 aromatic rings. The maximum Gasteiger partial charge on any atom is 0.278 e. The lowest BCUT2D eigenvalue weighted by molar-refractivity contribution is -0.0255. The number of aromatic nitrogens is 1. The van der Waals surface area contributed by atoms with Crippen molar-refractivity contribution in [2.24, 2.45) is 0 Å². The maximum absolute atomic E-state index is 13.9. The summed E-state index contributed by atoms with van der Waals surface area (Å²) < 4.78 is 27.7. The fourth-order valence-electron chi connectivity index (χ4n) is 1.73. The zero-order chi connectivity index (χ0) is 12.5. The van der Waals surface area contributed by atoms with Crippen molar-refractivity contribution in [1.29, 1.82) is 0 Å². The Labute approximate surface area is 102 Å². The molecular weight excluding hydrogens is 248 g/mol. The van der Waals surface area contributed by atoms with E-state index >= 15 is 0 Å². The number of aliphatic hydroxyl groups is 1. The number of aliphatic hydroxyl groups excluding tert-OH is 1. The van der Waals surface area contributed by atoms with Crippen LogP contribution in [-0.4, -0.2) is 16.7 Å². The zero-order valence-corrected chi connectivity index (χ0v) is 9.59. The number of rotatable bonds is 3. The summed E-state index contributed by atoms with van der Waals surface area (Å²) in [6.45, 7) is -0.605. The molecule has 0 atom stereocenters. The van der Waals surface area contributed by atoms with E-state index in [0.29, 0.717) is 5.39 Å². The van der Waals surface area contributed by atoms with Gasteiger partial charge in [-0.1, -0.05) is 23.7 Å². The van der Waals surface area contributed by atoms with Gasteiger partial charge in [0.2, 0.25) is 0 Å². The first kappa shape index (κ1) is 12.2. The van der Waals surface area contributed by atoms with E-state index in [4.69, 9.17) is 16.7 Å². The minimum atomic E-state index is -3.18. The largest absolute Gasteiger partial charge is 0.396 e. The fraction of sp³-hybridized carbons (Fsp3) is 0.250. The molecule has 0 saturated heterocycles. The van der Waals surface area contributed by atoms with E-state index < -0.39 is 19.0 Å². The molecule has 0 aliphatic rings. The van der Waals surface area contributed by atoms with Crippen molar-refractivity contribution in [3.63, 3.8) is 0 Å². The second kappa shape index (κ2) is 4.55. The summed E-state index contributed by atoms with van der Waals surface area (Å²) in [6.07, 6.45) is 0.777. The highest BCUT2D eigenvalue weighted by Crippen LogP contribution is 2.39. The summed E-state index contributed by atoms with van der Waals surface area (Å²) in [5.41, 5.74) is -0.134. The van der Waals surface area contributed by atoms with Crippen molar-refractivity contribution in [3.05, 3.63) is 41.0 Å². The van der Waals surface area contributed by atoms with Crippen molar-refractivity contribution < 1.29 is 13.9 Å². The molecule has 0 fully saturated rings. The number of benzene rings is 1. The van der Waals surface area contributed by atoms with Gasteiger partial charge in [-0.25, -0.2) is 8.78 Å². The molecule has 0 radical (unpaired) electrons. The van der Waals surface area contributed by atoms with E-state index in [1.165, 1.54) is 12.3 Å². The van der Waals surface area contributed by atoms with Crippen LogP contribution in [0.5, 0.6) is 0 Å². The van der Waals surface area contributed by atoms with E-state index in [1.54, 1.807) is 18.2 Å². The van der Waals surface area contributed by atoms with E-state index in [9.17, 15) is 8.78 Å². The minimum Gasteiger partial charge on any atom is -0.396 e. The van der Waals surface area contributed by atoms with Crippen LogP contribution < -0.4 is 0 Å². The van der Waals surface area contributed by atoms with E-state index in [0.717, 1.165) is 0 Å². The van der Waals surface area contributed by atoms with Gasteiger partial charge in [-0.2, -0.15) is 0 Å². The lowest BCUT2D eigenvalue weighted by atomic mass is 10.0. The highest BCUT2D eigenvalue weighted by atomic mass is 35.5. The summed E-state index contributed by atoms with van der Waals surface area (Å²) in [5.74, 6) is -3.18. The SMILES string of the molecule is OCCC(F)(F)c1c(Cl)ccc2cccnc12. The van der Waals surface area contributed by atoms with E-state index in [2.05, 4.69) is 4.98 Å². The average molecular weight is 258 g/mol. The van der Waals surface area contributed by atoms with Crippen molar-refractivity contribution in [2.45, 2.75) is 12.3 Å². The molecule has 1 aromatic carbocycles. The van der Waals surface area contributed by atoms with E-state index in [-0.39, 0.29) is 16.1 Å². The Morgan fingerprint density at radius 1 is 1.29 bits per heavy atom. The molecular formula is C12H10ClF2NO. The molecule has 0 unspecified atom stereocenters. The number of pyridine rings is 1. The first-order valence-electron chi connectivity index (χ1n) is 5.08. The number of nitrogens with zero attached hydrogens (tertiary/aromatic N) is 1. The number of halogens is 3. The molecule has 0 aliphatic carbocycles. The zero-order valence-electron chi connectivity index (χ0n) is 8.83. The van der Waals surface area contributed by atoms with Gasteiger partial charge in [0, 0.05) is 24.6 Å². The average Bonchev–Trinajstić information content (AvgIpc) is 2.28. The summed E-state index contributed by atoms with van der Waals surface area (Å²) in [7, 11) is 0. The van der Waals surface area contributed by atoms with Gasteiger partial charge in [0.25, 0.3) is 5.92 Å².